The Labute approximate surface area is 104 Å². The van der Waals surface area contributed by atoms with Gasteiger partial charge in [-0.3, -0.25) is 5.10 Å². The van der Waals surface area contributed by atoms with Crippen LogP contribution < -0.4 is 4.74 Å². The van der Waals surface area contributed by atoms with Crippen molar-refractivity contribution >= 4 is 11.6 Å². The summed E-state index contributed by atoms with van der Waals surface area (Å²) in [5.74, 6) is 3.03. The Morgan fingerprint density at radius 2 is 2.29 bits per heavy atom. The van der Waals surface area contributed by atoms with Crippen LogP contribution in [-0.4, -0.2) is 21.8 Å². The van der Waals surface area contributed by atoms with Gasteiger partial charge in [0, 0.05) is 0 Å². The first-order valence-corrected chi connectivity index (χ1v) is 6.08. The number of halogens is 1. The molecule has 3 rings (SSSR count). The number of nitrogens with zero attached hydrogens (tertiary/aromatic N) is 2. The number of aromatic amines is 1. The topological polar surface area (TPSA) is 50.8 Å². The van der Waals surface area contributed by atoms with Crippen molar-refractivity contribution in [3.8, 4) is 5.75 Å². The first-order valence-electron chi connectivity index (χ1n) is 5.54. The molecule has 1 aromatic carbocycles. The van der Waals surface area contributed by atoms with E-state index >= 15 is 0 Å². The molecule has 1 aliphatic heterocycles. The first-order chi connectivity index (χ1) is 8.36. The summed E-state index contributed by atoms with van der Waals surface area (Å²) in [4.78, 5) is 4.35. The van der Waals surface area contributed by atoms with Gasteiger partial charge in [0.05, 0.1) is 18.4 Å². The number of rotatable bonds is 2. The number of fused-ring (bicyclic) bond motifs is 1. The van der Waals surface area contributed by atoms with E-state index in [-0.39, 0.29) is 5.92 Å². The van der Waals surface area contributed by atoms with Gasteiger partial charge >= 0.3 is 0 Å². The smallest absolute Gasteiger partial charge is 0.157 e. The molecule has 2 aromatic rings. The lowest BCUT2D eigenvalue weighted by atomic mass is 9.96. The Hall–Kier alpha value is -1.55. The van der Waals surface area contributed by atoms with E-state index in [1.54, 1.807) is 0 Å². The van der Waals surface area contributed by atoms with E-state index < -0.39 is 0 Å². The van der Waals surface area contributed by atoms with Crippen LogP contribution in [0.3, 0.4) is 0 Å². The SMILES string of the molecule is ClCc1nc(C2COc3ccccc3C2)n[nH]1. The molecule has 1 aromatic heterocycles. The van der Waals surface area contributed by atoms with Crippen molar-refractivity contribution < 1.29 is 4.74 Å². The number of nitrogens with one attached hydrogen (secondary N) is 1. The first kappa shape index (κ1) is 10.6. The number of aromatic nitrogens is 3. The lowest BCUT2D eigenvalue weighted by Crippen LogP contribution is -2.20. The molecule has 17 heavy (non-hydrogen) atoms. The third-order valence-electron chi connectivity index (χ3n) is 2.92. The Morgan fingerprint density at radius 1 is 1.41 bits per heavy atom. The fraction of sp³-hybridized carbons (Fsp3) is 0.333. The van der Waals surface area contributed by atoms with E-state index in [0.29, 0.717) is 18.3 Å². The van der Waals surface area contributed by atoms with Gasteiger partial charge in [0.25, 0.3) is 0 Å². The highest BCUT2D eigenvalue weighted by Crippen LogP contribution is 2.30. The Morgan fingerprint density at radius 3 is 3.12 bits per heavy atom. The highest BCUT2D eigenvalue weighted by atomic mass is 35.5. The molecule has 0 aliphatic carbocycles. The largest absolute Gasteiger partial charge is 0.493 e. The van der Waals surface area contributed by atoms with Crippen LogP contribution in [0.2, 0.25) is 0 Å². The van der Waals surface area contributed by atoms with Gasteiger partial charge in [-0.1, -0.05) is 18.2 Å². The number of benzene rings is 1. The predicted molar refractivity (Wildman–Crippen MR) is 64.3 cm³/mol. The Kier molecular flexibility index (Phi) is 2.73. The zero-order valence-electron chi connectivity index (χ0n) is 9.19. The second-order valence-corrected chi connectivity index (χ2v) is 4.36. The average Bonchev–Trinajstić information content (AvgIpc) is 2.87. The van der Waals surface area contributed by atoms with Crippen LogP contribution in [0.4, 0.5) is 0 Å². The van der Waals surface area contributed by atoms with Crippen LogP contribution >= 0.6 is 11.6 Å². The van der Waals surface area contributed by atoms with Crippen molar-refractivity contribution in [2.75, 3.05) is 6.61 Å². The minimum atomic E-state index is 0.207. The number of para-hydroxylation sites is 1. The zero-order valence-corrected chi connectivity index (χ0v) is 9.94. The molecule has 0 amide bonds. The molecule has 0 spiro atoms. The monoisotopic (exact) mass is 249 g/mol. The molecule has 1 N–H and O–H groups in total. The normalized spacial score (nSPS) is 18.5. The molecular weight excluding hydrogens is 238 g/mol. The summed E-state index contributed by atoms with van der Waals surface area (Å²) in [5.41, 5.74) is 1.21. The van der Waals surface area contributed by atoms with Crippen molar-refractivity contribution in [1.82, 2.24) is 15.2 Å². The molecular formula is C12H12ClN3O. The molecule has 1 aliphatic rings. The summed E-state index contributed by atoms with van der Waals surface area (Å²) in [5, 5.41) is 7.01. The van der Waals surface area contributed by atoms with Gasteiger partial charge in [0.2, 0.25) is 0 Å². The molecule has 0 radical (unpaired) electrons. The van der Waals surface area contributed by atoms with Gasteiger partial charge in [-0.05, 0) is 18.1 Å². The summed E-state index contributed by atoms with van der Waals surface area (Å²) in [6.07, 6.45) is 0.912. The van der Waals surface area contributed by atoms with Crippen LogP contribution in [-0.2, 0) is 12.3 Å². The van der Waals surface area contributed by atoms with E-state index in [1.807, 2.05) is 18.2 Å². The van der Waals surface area contributed by atoms with Crippen LogP contribution in [0.25, 0.3) is 0 Å². The van der Waals surface area contributed by atoms with Gasteiger partial charge in [0.1, 0.15) is 11.6 Å². The number of alkyl halides is 1. The molecule has 4 nitrogen and oxygen atoms in total. The third kappa shape index (κ3) is 2.00. The summed E-state index contributed by atoms with van der Waals surface area (Å²) in [6, 6.07) is 8.08. The molecule has 0 bridgehead atoms. The average molecular weight is 250 g/mol. The van der Waals surface area contributed by atoms with Crippen molar-refractivity contribution in [1.29, 1.82) is 0 Å². The van der Waals surface area contributed by atoms with E-state index in [2.05, 4.69) is 21.2 Å². The molecule has 2 heterocycles. The van der Waals surface area contributed by atoms with E-state index in [9.17, 15) is 0 Å². The van der Waals surface area contributed by atoms with Crippen LogP contribution in [0.15, 0.2) is 24.3 Å². The van der Waals surface area contributed by atoms with Gasteiger partial charge in [0.15, 0.2) is 5.82 Å². The maximum Gasteiger partial charge on any atom is 0.157 e. The fourth-order valence-electron chi connectivity index (χ4n) is 2.05. The van der Waals surface area contributed by atoms with Gasteiger partial charge < -0.3 is 4.74 Å². The van der Waals surface area contributed by atoms with Crippen LogP contribution in [0.1, 0.15) is 23.1 Å². The Bertz CT molecular complexity index is 526. The molecule has 0 fully saturated rings. The summed E-state index contributed by atoms with van der Waals surface area (Å²) in [7, 11) is 0. The zero-order chi connectivity index (χ0) is 11.7. The quantitative estimate of drug-likeness (QED) is 0.831. The van der Waals surface area contributed by atoms with Crippen molar-refractivity contribution in [2.45, 2.75) is 18.2 Å². The van der Waals surface area contributed by atoms with Crippen molar-refractivity contribution in [3.05, 3.63) is 41.5 Å². The standard InChI is InChI=1S/C12H12ClN3O/c13-6-11-14-12(16-15-11)9-5-8-3-1-2-4-10(8)17-7-9/h1-4,9H,5-7H2,(H,14,15,16). The minimum absolute atomic E-state index is 0.207. The Balaban J connectivity index is 1.84. The van der Waals surface area contributed by atoms with Crippen LogP contribution in [0.5, 0.6) is 5.75 Å². The highest BCUT2D eigenvalue weighted by molar-refractivity contribution is 6.16. The second kappa shape index (κ2) is 4.37. The maximum atomic E-state index is 5.71. The van der Waals surface area contributed by atoms with Gasteiger partial charge in [-0.2, -0.15) is 5.10 Å². The molecule has 1 atom stereocenters. The van der Waals surface area contributed by atoms with Crippen LogP contribution in [0, 0.1) is 0 Å². The van der Waals surface area contributed by atoms with E-state index in [4.69, 9.17) is 16.3 Å². The molecule has 0 saturated carbocycles. The minimum Gasteiger partial charge on any atom is -0.493 e. The molecule has 5 heteroatoms. The number of H-pyrrole nitrogens is 1. The maximum absolute atomic E-state index is 5.71. The number of ether oxygens (including phenoxy) is 1. The van der Waals surface area contributed by atoms with Crippen molar-refractivity contribution in [3.63, 3.8) is 0 Å². The predicted octanol–water partition coefficient (Wildman–Crippen LogP) is 2.26. The number of hydrogen-bond acceptors (Lipinski definition) is 3. The summed E-state index contributed by atoms with van der Waals surface area (Å²) < 4.78 is 5.71. The fourth-order valence-corrected chi connectivity index (χ4v) is 2.17. The van der Waals surface area contributed by atoms with Crippen molar-refractivity contribution in [2.24, 2.45) is 0 Å². The van der Waals surface area contributed by atoms with E-state index in [1.165, 1.54) is 5.56 Å². The molecule has 0 saturated heterocycles. The third-order valence-corrected chi connectivity index (χ3v) is 3.17. The number of hydrogen-bond donors (Lipinski definition) is 1. The summed E-state index contributed by atoms with van der Waals surface area (Å²) in [6.45, 7) is 0.622. The van der Waals surface area contributed by atoms with E-state index in [0.717, 1.165) is 18.0 Å². The molecule has 1 unspecified atom stereocenters. The lowest BCUT2D eigenvalue weighted by Gasteiger charge is -2.23. The van der Waals surface area contributed by atoms with Gasteiger partial charge in [-0.25, -0.2) is 4.98 Å². The molecule has 88 valence electrons. The van der Waals surface area contributed by atoms with Gasteiger partial charge in [-0.15, -0.1) is 11.6 Å². The second-order valence-electron chi connectivity index (χ2n) is 4.09. The highest BCUT2D eigenvalue weighted by Gasteiger charge is 2.24. The summed E-state index contributed by atoms with van der Waals surface area (Å²) >= 11 is 5.70. The lowest BCUT2D eigenvalue weighted by molar-refractivity contribution is 0.258.